The van der Waals surface area contributed by atoms with Crippen LogP contribution in [0.5, 0.6) is 0 Å². The Hall–Kier alpha value is -2.14. The van der Waals surface area contributed by atoms with Crippen molar-refractivity contribution in [2.45, 2.75) is 37.5 Å². The first kappa shape index (κ1) is 27.4. The molecule has 8 nitrogen and oxygen atoms in total. The van der Waals surface area contributed by atoms with Gasteiger partial charge in [-0.15, -0.1) is 0 Å². The fourth-order valence-corrected chi connectivity index (χ4v) is 8.44. The molecule has 0 saturated carbocycles. The zero-order chi connectivity index (χ0) is 27.0. The molecule has 3 aliphatic rings. The molecular formula is C27H32BrClN4O4S. The van der Waals surface area contributed by atoms with Gasteiger partial charge in [-0.3, -0.25) is 9.59 Å². The fourth-order valence-electron chi connectivity index (χ4n) is 5.74. The van der Waals surface area contributed by atoms with E-state index >= 15 is 0 Å². The highest BCUT2D eigenvalue weighted by molar-refractivity contribution is 9.10. The van der Waals surface area contributed by atoms with E-state index in [0.717, 1.165) is 11.3 Å². The molecule has 3 aliphatic heterocycles. The maximum absolute atomic E-state index is 14.0. The zero-order valence-electron chi connectivity index (χ0n) is 21.4. The van der Waals surface area contributed by atoms with Gasteiger partial charge >= 0.3 is 0 Å². The summed E-state index contributed by atoms with van der Waals surface area (Å²) in [7, 11) is -3.92. The molecule has 0 aliphatic carbocycles. The van der Waals surface area contributed by atoms with Crippen LogP contribution < -0.4 is 9.80 Å². The molecule has 204 valence electrons. The molecule has 2 amide bonds. The number of halogens is 2. The molecule has 2 fully saturated rings. The van der Waals surface area contributed by atoms with Gasteiger partial charge in [0.25, 0.3) is 0 Å². The van der Waals surface area contributed by atoms with Crippen molar-refractivity contribution in [3.05, 3.63) is 51.5 Å². The van der Waals surface area contributed by atoms with E-state index in [1.54, 1.807) is 17.9 Å². The predicted molar refractivity (Wildman–Crippen MR) is 152 cm³/mol. The Morgan fingerprint density at radius 2 is 1.79 bits per heavy atom. The van der Waals surface area contributed by atoms with Crippen LogP contribution in [0, 0.1) is 5.92 Å². The number of carbonyl (C=O) groups excluding carboxylic acids is 2. The average molecular weight is 624 g/mol. The number of amides is 2. The summed E-state index contributed by atoms with van der Waals surface area (Å²) in [6, 6.07) is 11.2. The molecule has 2 saturated heterocycles. The molecule has 0 aromatic heterocycles. The zero-order valence-corrected chi connectivity index (χ0v) is 24.6. The summed E-state index contributed by atoms with van der Waals surface area (Å²) in [6.07, 6.45) is 2.19. The number of anilines is 2. The van der Waals surface area contributed by atoms with E-state index in [1.165, 1.54) is 4.31 Å². The van der Waals surface area contributed by atoms with Gasteiger partial charge in [-0.25, -0.2) is 8.42 Å². The first-order chi connectivity index (χ1) is 18.2. The van der Waals surface area contributed by atoms with Crippen molar-refractivity contribution in [1.29, 1.82) is 0 Å². The Kier molecular flexibility index (Phi) is 8.05. The van der Waals surface area contributed by atoms with Crippen LogP contribution >= 0.6 is 27.5 Å². The van der Waals surface area contributed by atoms with E-state index in [0.29, 0.717) is 80.1 Å². The molecule has 38 heavy (non-hydrogen) atoms. The first-order valence-electron chi connectivity index (χ1n) is 13.1. The van der Waals surface area contributed by atoms with Crippen LogP contribution in [0.2, 0.25) is 5.02 Å². The minimum absolute atomic E-state index is 0.00553. The van der Waals surface area contributed by atoms with Crippen LogP contribution in [0.15, 0.2) is 45.8 Å². The lowest BCUT2D eigenvalue weighted by molar-refractivity contribution is -0.137. The van der Waals surface area contributed by atoms with Crippen molar-refractivity contribution < 1.29 is 18.0 Å². The molecule has 2 aromatic carbocycles. The molecule has 0 bridgehead atoms. The van der Waals surface area contributed by atoms with Crippen LogP contribution in [0.3, 0.4) is 0 Å². The summed E-state index contributed by atoms with van der Waals surface area (Å²) >= 11 is 9.82. The minimum Gasteiger partial charge on any atom is -0.367 e. The molecular weight excluding hydrogens is 592 g/mol. The first-order valence-corrected chi connectivity index (χ1v) is 15.7. The fraction of sp³-hybridized carbons (Fsp3) is 0.481. The standard InChI is InChI=1S/C27H32BrClN4O4S/c1-2-25(34)33-11-9-19-16-21(28)17-24(26(19)33)38(36,37)32-10-5-6-20(18-32)27(35)31-14-12-30(13-15-31)23-8-4-3-7-22(23)29/h3-4,7-8,16-17,20H,2,5-6,9-15,18H2,1H3/t20-/m0/s1. The number of carbonyl (C=O) groups is 2. The van der Waals surface area contributed by atoms with Crippen LogP contribution in [0.4, 0.5) is 11.4 Å². The van der Waals surface area contributed by atoms with Gasteiger partial charge < -0.3 is 14.7 Å². The lowest BCUT2D eigenvalue weighted by atomic mass is 9.97. The Morgan fingerprint density at radius 1 is 1.05 bits per heavy atom. The Balaban J connectivity index is 1.31. The van der Waals surface area contributed by atoms with Gasteiger partial charge in [0, 0.05) is 56.7 Å². The van der Waals surface area contributed by atoms with Crippen LogP contribution in [-0.2, 0) is 26.0 Å². The van der Waals surface area contributed by atoms with Crippen molar-refractivity contribution in [2.24, 2.45) is 5.92 Å². The van der Waals surface area contributed by atoms with Gasteiger partial charge in [-0.2, -0.15) is 4.31 Å². The monoisotopic (exact) mass is 622 g/mol. The number of piperazine rings is 1. The van der Waals surface area contributed by atoms with Crippen LogP contribution in [0.25, 0.3) is 0 Å². The third-order valence-electron chi connectivity index (χ3n) is 7.73. The normalized spacial score (nSPS) is 20.5. The summed E-state index contributed by atoms with van der Waals surface area (Å²) in [6.45, 7) is 5.25. The van der Waals surface area contributed by atoms with Crippen molar-refractivity contribution >= 4 is 60.7 Å². The summed E-state index contributed by atoms with van der Waals surface area (Å²) in [4.78, 5) is 31.9. The van der Waals surface area contributed by atoms with E-state index in [9.17, 15) is 18.0 Å². The lowest BCUT2D eigenvalue weighted by Crippen LogP contribution is -2.53. The number of fused-ring (bicyclic) bond motifs is 1. The highest BCUT2D eigenvalue weighted by atomic mass is 79.9. The van der Waals surface area contributed by atoms with Gasteiger partial charge in [0.05, 0.1) is 22.3 Å². The average Bonchev–Trinajstić information content (AvgIpc) is 3.36. The van der Waals surface area contributed by atoms with E-state index < -0.39 is 10.0 Å². The van der Waals surface area contributed by atoms with Crippen molar-refractivity contribution in [2.75, 3.05) is 55.6 Å². The lowest BCUT2D eigenvalue weighted by Gasteiger charge is -2.39. The Bertz CT molecular complexity index is 1350. The minimum atomic E-state index is -3.92. The maximum atomic E-state index is 14.0. The Morgan fingerprint density at radius 3 is 2.50 bits per heavy atom. The van der Waals surface area contributed by atoms with E-state index in [1.807, 2.05) is 35.2 Å². The van der Waals surface area contributed by atoms with E-state index in [4.69, 9.17) is 11.6 Å². The Labute approximate surface area is 237 Å². The molecule has 5 rings (SSSR count). The molecule has 1 atom stereocenters. The second kappa shape index (κ2) is 11.2. The SMILES string of the molecule is CCC(=O)N1CCc2cc(Br)cc(S(=O)(=O)N3CCC[C@H](C(=O)N4CCN(c5ccccc5Cl)CC4)C3)c21. The van der Waals surface area contributed by atoms with Crippen molar-refractivity contribution in [1.82, 2.24) is 9.21 Å². The summed E-state index contributed by atoms with van der Waals surface area (Å²) in [5.74, 6) is -0.477. The largest absolute Gasteiger partial charge is 0.367 e. The summed E-state index contributed by atoms with van der Waals surface area (Å²) < 4.78 is 30.0. The quantitative estimate of drug-likeness (QED) is 0.500. The van der Waals surface area contributed by atoms with Gasteiger partial charge in [-0.1, -0.05) is 46.6 Å². The second-order valence-corrected chi connectivity index (χ2v) is 13.3. The van der Waals surface area contributed by atoms with Gasteiger partial charge in [-0.05, 0) is 49.1 Å². The number of piperidine rings is 1. The van der Waals surface area contributed by atoms with Gasteiger partial charge in [0.1, 0.15) is 4.90 Å². The number of sulfonamides is 1. The predicted octanol–water partition coefficient (Wildman–Crippen LogP) is 4.15. The van der Waals surface area contributed by atoms with E-state index in [-0.39, 0.29) is 29.2 Å². The molecule has 0 spiro atoms. The third kappa shape index (κ3) is 5.20. The number of hydrogen-bond donors (Lipinski definition) is 0. The van der Waals surface area contributed by atoms with Gasteiger partial charge in [0.15, 0.2) is 0 Å². The topological polar surface area (TPSA) is 81.2 Å². The van der Waals surface area contributed by atoms with Crippen LogP contribution in [0.1, 0.15) is 31.7 Å². The molecule has 0 unspecified atom stereocenters. The number of benzene rings is 2. The maximum Gasteiger partial charge on any atom is 0.245 e. The number of rotatable bonds is 5. The molecule has 11 heteroatoms. The number of nitrogens with zero attached hydrogens (tertiary/aromatic N) is 4. The van der Waals surface area contributed by atoms with Gasteiger partial charge in [0.2, 0.25) is 21.8 Å². The summed E-state index contributed by atoms with van der Waals surface area (Å²) in [5, 5.41) is 0.693. The number of para-hydroxylation sites is 1. The highest BCUT2D eigenvalue weighted by Gasteiger charge is 2.39. The molecule has 0 N–H and O–H groups in total. The summed E-state index contributed by atoms with van der Waals surface area (Å²) in [5.41, 5.74) is 2.30. The molecule has 2 aromatic rings. The van der Waals surface area contributed by atoms with Crippen LogP contribution in [-0.4, -0.2) is 75.3 Å². The molecule has 0 radical (unpaired) electrons. The third-order valence-corrected chi connectivity index (χ3v) is 10.4. The highest BCUT2D eigenvalue weighted by Crippen LogP contribution is 2.40. The molecule has 3 heterocycles. The second-order valence-electron chi connectivity index (χ2n) is 10.0. The van der Waals surface area contributed by atoms with Crippen molar-refractivity contribution in [3.63, 3.8) is 0 Å². The smallest absolute Gasteiger partial charge is 0.245 e. The van der Waals surface area contributed by atoms with E-state index in [2.05, 4.69) is 20.8 Å². The number of hydrogen-bond acceptors (Lipinski definition) is 5. The van der Waals surface area contributed by atoms with Crippen molar-refractivity contribution in [3.8, 4) is 0 Å².